The van der Waals surface area contributed by atoms with Crippen molar-refractivity contribution < 1.29 is 4.79 Å². The van der Waals surface area contributed by atoms with E-state index in [1.165, 1.54) is 0 Å². The van der Waals surface area contributed by atoms with Crippen LogP contribution in [-0.2, 0) is 0 Å². The van der Waals surface area contributed by atoms with Crippen molar-refractivity contribution in [3.8, 4) is 0 Å². The molecule has 0 aliphatic rings. The van der Waals surface area contributed by atoms with Crippen molar-refractivity contribution in [3.63, 3.8) is 0 Å². The predicted molar refractivity (Wildman–Crippen MR) is 61.9 cm³/mol. The van der Waals surface area contributed by atoms with Crippen molar-refractivity contribution >= 4 is 40.4 Å². The van der Waals surface area contributed by atoms with Crippen LogP contribution in [0.4, 0.5) is 0 Å². The topological polar surface area (TPSA) is 30.0 Å². The Kier molecular flexibility index (Phi) is 2.63. The normalized spacial score (nSPS) is 10.6. The van der Waals surface area contributed by atoms with Gasteiger partial charge in [-0.05, 0) is 30.7 Å². The van der Waals surface area contributed by atoms with Crippen molar-refractivity contribution in [2.75, 3.05) is 0 Å². The Balaban J connectivity index is 2.82. The maximum absolute atomic E-state index is 10.7. The molecular formula is C11H7Cl2NO. The summed E-state index contributed by atoms with van der Waals surface area (Å²) in [5.41, 5.74) is 2.04. The van der Waals surface area contributed by atoms with Gasteiger partial charge in [0.2, 0.25) is 0 Å². The Morgan fingerprint density at radius 1 is 1.27 bits per heavy atom. The number of benzene rings is 1. The second-order valence-corrected chi connectivity index (χ2v) is 4.05. The van der Waals surface area contributed by atoms with Gasteiger partial charge < -0.3 is 0 Å². The Hall–Kier alpha value is -1.12. The lowest BCUT2D eigenvalue weighted by Crippen LogP contribution is -1.89. The highest BCUT2D eigenvalue weighted by Crippen LogP contribution is 2.25. The molecule has 0 radical (unpaired) electrons. The van der Waals surface area contributed by atoms with Gasteiger partial charge in [0, 0.05) is 10.4 Å². The fraction of sp³-hybridized carbons (Fsp3) is 0.0909. The molecule has 0 bridgehead atoms. The van der Waals surface area contributed by atoms with Crippen molar-refractivity contribution in [1.29, 1.82) is 0 Å². The van der Waals surface area contributed by atoms with E-state index in [9.17, 15) is 4.79 Å². The number of carbonyl (C=O) groups excluding carboxylic acids is 1. The molecule has 0 aliphatic heterocycles. The van der Waals surface area contributed by atoms with Crippen molar-refractivity contribution in [2.45, 2.75) is 6.92 Å². The van der Waals surface area contributed by atoms with Gasteiger partial charge in [0.15, 0.2) is 6.29 Å². The van der Waals surface area contributed by atoms with Crippen LogP contribution in [0.1, 0.15) is 15.9 Å². The van der Waals surface area contributed by atoms with Crippen molar-refractivity contribution in [2.24, 2.45) is 0 Å². The van der Waals surface area contributed by atoms with Gasteiger partial charge in [0.25, 0.3) is 0 Å². The standard InChI is InChI=1S/C11H7Cl2NO/c1-6-2-7-3-8(5-15)11(13)14-10(7)4-9(6)12/h2-5H,1H3. The first-order chi connectivity index (χ1) is 7.11. The smallest absolute Gasteiger partial charge is 0.153 e. The molecule has 2 rings (SSSR count). The third kappa shape index (κ3) is 1.83. The average molecular weight is 240 g/mol. The van der Waals surface area contributed by atoms with Gasteiger partial charge >= 0.3 is 0 Å². The molecule has 1 heterocycles. The number of aromatic nitrogens is 1. The number of hydrogen-bond donors (Lipinski definition) is 0. The molecular weight excluding hydrogens is 233 g/mol. The summed E-state index contributed by atoms with van der Waals surface area (Å²) in [4.78, 5) is 14.8. The third-order valence-corrected chi connectivity index (χ3v) is 2.91. The number of pyridine rings is 1. The number of carbonyl (C=O) groups is 1. The first kappa shape index (κ1) is 10.4. The molecule has 0 amide bonds. The van der Waals surface area contributed by atoms with Crippen LogP contribution < -0.4 is 0 Å². The summed E-state index contributed by atoms with van der Waals surface area (Å²) in [5, 5.41) is 1.71. The number of rotatable bonds is 1. The van der Waals surface area contributed by atoms with Crippen LogP contribution in [0.2, 0.25) is 10.2 Å². The highest BCUT2D eigenvalue weighted by Gasteiger charge is 2.06. The van der Waals surface area contributed by atoms with E-state index in [2.05, 4.69) is 4.98 Å². The molecule has 4 heteroatoms. The summed E-state index contributed by atoms with van der Waals surface area (Å²) in [7, 11) is 0. The molecule has 76 valence electrons. The van der Waals surface area contributed by atoms with Crippen molar-refractivity contribution in [1.82, 2.24) is 4.98 Å². The predicted octanol–water partition coefficient (Wildman–Crippen LogP) is 3.66. The number of nitrogens with zero attached hydrogens (tertiary/aromatic N) is 1. The first-order valence-electron chi connectivity index (χ1n) is 4.33. The molecule has 0 N–H and O–H groups in total. The lowest BCUT2D eigenvalue weighted by atomic mass is 10.1. The van der Waals surface area contributed by atoms with Crippen LogP contribution in [0.15, 0.2) is 18.2 Å². The van der Waals surface area contributed by atoms with Gasteiger partial charge in [-0.15, -0.1) is 0 Å². The number of aldehydes is 1. The molecule has 0 aliphatic carbocycles. The Labute approximate surface area is 96.8 Å². The molecule has 15 heavy (non-hydrogen) atoms. The van der Waals surface area contributed by atoms with E-state index in [0.717, 1.165) is 10.9 Å². The molecule has 0 unspecified atom stereocenters. The number of fused-ring (bicyclic) bond motifs is 1. The van der Waals surface area contributed by atoms with Gasteiger partial charge in [-0.1, -0.05) is 23.2 Å². The van der Waals surface area contributed by atoms with Gasteiger partial charge in [-0.25, -0.2) is 4.98 Å². The molecule has 0 saturated heterocycles. The fourth-order valence-corrected chi connectivity index (χ4v) is 1.73. The van der Waals surface area contributed by atoms with E-state index in [1.807, 2.05) is 13.0 Å². The van der Waals surface area contributed by atoms with Crippen LogP contribution in [0, 0.1) is 6.92 Å². The summed E-state index contributed by atoms with van der Waals surface area (Å²) < 4.78 is 0. The molecule has 1 aromatic carbocycles. The molecule has 0 fully saturated rings. The van der Waals surface area contributed by atoms with Gasteiger partial charge in [-0.2, -0.15) is 0 Å². The Morgan fingerprint density at radius 2 is 2.00 bits per heavy atom. The second-order valence-electron chi connectivity index (χ2n) is 3.28. The van der Waals surface area contributed by atoms with E-state index >= 15 is 0 Å². The molecule has 1 aromatic heterocycles. The highest BCUT2D eigenvalue weighted by atomic mass is 35.5. The van der Waals surface area contributed by atoms with Gasteiger partial charge in [0.1, 0.15) is 5.15 Å². The number of hydrogen-bond acceptors (Lipinski definition) is 2. The lowest BCUT2D eigenvalue weighted by molar-refractivity contribution is 0.112. The number of halogens is 2. The highest BCUT2D eigenvalue weighted by molar-refractivity contribution is 6.33. The summed E-state index contributed by atoms with van der Waals surface area (Å²) in [5.74, 6) is 0. The SMILES string of the molecule is Cc1cc2cc(C=O)c(Cl)nc2cc1Cl. The van der Waals surface area contributed by atoms with Crippen LogP contribution >= 0.6 is 23.2 Å². The van der Waals surface area contributed by atoms with Crippen LogP contribution in [-0.4, -0.2) is 11.3 Å². The van der Waals surface area contributed by atoms with E-state index < -0.39 is 0 Å². The minimum Gasteiger partial charge on any atom is -0.298 e. The average Bonchev–Trinajstić information content (AvgIpc) is 2.20. The Morgan fingerprint density at radius 3 is 2.67 bits per heavy atom. The van der Waals surface area contributed by atoms with E-state index in [-0.39, 0.29) is 5.15 Å². The summed E-state index contributed by atoms with van der Waals surface area (Å²) in [6.07, 6.45) is 0.693. The molecule has 0 spiro atoms. The number of aryl methyl sites for hydroxylation is 1. The fourth-order valence-electron chi connectivity index (χ4n) is 1.39. The zero-order valence-electron chi connectivity index (χ0n) is 7.92. The van der Waals surface area contributed by atoms with E-state index in [0.29, 0.717) is 22.4 Å². The molecule has 0 atom stereocenters. The molecule has 2 nitrogen and oxygen atoms in total. The lowest BCUT2D eigenvalue weighted by Gasteiger charge is -2.03. The second kappa shape index (κ2) is 3.80. The monoisotopic (exact) mass is 239 g/mol. The maximum atomic E-state index is 10.7. The quantitative estimate of drug-likeness (QED) is 0.562. The summed E-state index contributed by atoms with van der Waals surface area (Å²) in [6.45, 7) is 1.90. The minimum absolute atomic E-state index is 0.206. The summed E-state index contributed by atoms with van der Waals surface area (Å²) in [6, 6.07) is 5.33. The van der Waals surface area contributed by atoms with E-state index in [4.69, 9.17) is 23.2 Å². The van der Waals surface area contributed by atoms with Crippen LogP contribution in [0.3, 0.4) is 0 Å². The van der Waals surface area contributed by atoms with Crippen LogP contribution in [0.5, 0.6) is 0 Å². The third-order valence-electron chi connectivity index (χ3n) is 2.20. The van der Waals surface area contributed by atoms with Gasteiger partial charge in [0.05, 0.1) is 11.1 Å². The zero-order chi connectivity index (χ0) is 11.0. The minimum atomic E-state index is 0.206. The molecule has 2 aromatic rings. The van der Waals surface area contributed by atoms with Crippen molar-refractivity contribution in [3.05, 3.63) is 39.5 Å². The molecule has 0 saturated carbocycles. The first-order valence-corrected chi connectivity index (χ1v) is 5.09. The van der Waals surface area contributed by atoms with Gasteiger partial charge in [-0.3, -0.25) is 4.79 Å². The largest absolute Gasteiger partial charge is 0.298 e. The summed E-state index contributed by atoms with van der Waals surface area (Å²) >= 11 is 11.8. The van der Waals surface area contributed by atoms with E-state index in [1.54, 1.807) is 12.1 Å². The Bertz CT molecular complexity index is 552. The van der Waals surface area contributed by atoms with Crippen LogP contribution in [0.25, 0.3) is 10.9 Å². The maximum Gasteiger partial charge on any atom is 0.153 e. The zero-order valence-corrected chi connectivity index (χ0v) is 9.43.